The molecule has 2 amide bonds. The van der Waals surface area contributed by atoms with Gasteiger partial charge in [-0.15, -0.1) is 0 Å². The van der Waals surface area contributed by atoms with Gasteiger partial charge in [-0.25, -0.2) is 9.59 Å². The van der Waals surface area contributed by atoms with E-state index in [0.717, 1.165) is 24.2 Å². The Hall–Kier alpha value is -3.32. The summed E-state index contributed by atoms with van der Waals surface area (Å²) in [4.78, 5) is 41.4. The van der Waals surface area contributed by atoms with Gasteiger partial charge < -0.3 is 14.7 Å². The Morgan fingerprint density at radius 1 is 1.19 bits per heavy atom. The van der Waals surface area contributed by atoms with Crippen molar-refractivity contribution in [3.05, 3.63) is 82.9 Å². The van der Waals surface area contributed by atoms with Crippen molar-refractivity contribution in [2.24, 2.45) is 11.8 Å². The van der Waals surface area contributed by atoms with Crippen LogP contribution in [-0.2, 0) is 26.2 Å². The van der Waals surface area contributed by atoms with Gasteiger partial charge in [0, 0.05) is 23.5 Å². The van der Waals surface area contributed by atoms with Crippen molar-refractivity contribution < 1.29 is 24.2 Å². The van der Waals surface area contributed by atoms with Crippen molar-refractivity contribution in [1.82, 2.24) is 9.80 Å². The smallest absolute Gasteiger partial charge is 0.411 e. The molecule has 4 unspecified atom stereocenters. The first-order valence-corrected chi connectivity index (χ1v) is 12.6. The maximum atomic E-state index is 13.5. The number of halogens is 1. The second kappa shape index (κ2) is 9.62. The highest BCUT2D eigenvalue weighted by molar-refractivity contribution is 6.30. The molecule has 1 aliphatic heterocycles. The monoisotopic (exact) mass is 508 g/mol. The van der Waals surface area contributed by atoms with Gasteiger partial charge in [-0.2, -0.15) is 0 Å². The number of hydrogen-bond donors (Lipinski definition) is 1. The molecule has 2 aromatic carbocycles. The quantitative estimate of drug-likeness (QED) is 0.558. The summed E-state index contributed by atoms with van der Waals surface area (Å²) in [5.41, 5.74) is 3.33. The molecule has 1 N–H and O–H groups in total. The summed E-state index contributed by atoms with van der Waals surface area (Å²) in [6, 6.07) is 13.4. The van der Waals surface area contributed by atoms with Crippen LogP contribution in [0.3, 0.4) is 0 Å². The molecule has 3 aliphatic rings. The molecule has 1 heterocycles. The largest absolute Gasteiger partial charge is 0.479 e. The molecule has 8 heteroatoms. The maximum Gasteiger partial charge on any atom is 0.411 e. The number of carbonyl (C=O) groups is 3. The molecule has 2 fully saturated rings. The second-order valence-electron chi connectivity index (χ2n) is 9.82. The van der Waals surface area contributed by atoms with E-state index in [1.165, 1.54) is 29.3 Å². The van der Waals surface area contributed by atoms with E-state index in [-0.39, 0.29) is 17.9 Å². The summed E-state index contributed by atoms with van der Waals surface area (Å²) >= 11 is 5.97. The zero-order valence-corrected chi connectivity index (χ0v) is 20.7. The number of benzene rings is 2. The van der Waals surface area contributed by atoms with Crippen LogP contribution in [0.1, 0.15) is 35.6 Å². The van der Waals surface area contributed by atoms with Crippen LogP contribution >= 0.6 is 11.6 Å². The number of ether oxygens (including phenoxy) is 1. The van der Waals surface area contributed by atoms with Crippen LogP contribution in [0, 0.1) is 11.8 Å². The molecule has 7 nitrogen and oxygen atoms in total. The van der Waals surface area contributed by atoms with Crippen LogP contribution in [0.25, 0.3) is 0 Å². The summed E-state index contributed by atoms with van der Waals surface area (Å²) in [5, 5.41) is 10.5. The fourth-order valence-corrected chi connectivity index (χ4v) is 6.58. The Labute approximate surface area is 215 Å². The van der Waals surface area contributed by atoms with Crippen LogP contribution in [0.15, 0.2) is 61.2 Å². The van der Waals surface area contributed by atoms with Gasteiger partial charge in [-0.05, 0) is 59.9 Å². The average Bonchev–Trinajstić information content (AvgIpc) is 3.56. The third-order valence-corrected chi connectivity index (χ3v) is 8.36. The summed E-state index contributed by atoms with van der Waals surface area (Å²) in [7, 11) is 0. The molecule has 188 valence electrons. The Balaban J connectivity index is 1.35. The van der Waals surface area contributed by atoms with Gasteiger partial charge in [-0.1, -0.05) is 60.7 Å². The third kappa shape index (κ3) is 4.15. The number of carboxylic acid groups (broad SMARTS) is 1. The fourth-order valence-electron chi connectivity index (χ4n) is 6.46. The summed E-state index contributed by atoms with van der Waals surface area (Å²) in [6.45, 7) is 4.25. The Kier molecular flexibility index (Phi) is 6.51. The maximum absolute atomic E-state index is 13.5. The molecule has 36 heavy (non-hydrogen) atoms. The molecular weight excluding hydrogens is 480 g/mol. The van der Waals surface area contributed by atoms with Crippen molar-refractivity contribution in [3.63, 3.8) is 0 Å². The third-order valence-electron chi connectivity index (χ3n) is 8.10. The van der Waals surface area contributed by atoms with Crippen LogP contribution in [0.5, 0.6) is 0 Å². The lowest BCUT2D eigenvalue weighted by molar-refractivity contribution is -0.144. The summed E-state index contributed by atoms with van der Waals surface area (Å²) < 4.78 is 5.17. The number of fused-ring (bicyclic) bond motifs is 2. The van der Waals surface area contributed by atoms with Gasteiger partial charge in [0.2, 0.25) is 5.91 Å². The number of rotatable bonds is 7. The number of nitrogens with zero attached hydrogens (tertiary/aromatic N) is 2. The zero-order valence-electron chi connectivity index (χ0n) is 19.9. The first-order chi connectivity index (χ1) is 17.4. The predicted octanol–water partition coefficient (Wildman–Crippen LogP) is 4.45. The number of piperidine rings is 1. The molecule has 1 saturated carbocycles. The minimum Gasteiger partial charge on any atom is -0.479 e. The summed E-state index contributed by atoms with van der Waals surface area (Å²) in [6.07, 6.45) is 3.59. The van der Waals surface area contributed by atoms with E-state index < -0.39 is 24.6 Å². The Morgan fingerprint density at radius 2 is 1.94 bits per heavy atom. The van der Waals surface area contributed by atoms with Crippen LogP contribution < -0.4 is 0 Å². The first-order valence-electron chi connectivity index (χ1n) is 12.3. The molecule has 5 rings (SSSR count). The van der Waals surface area contributed by atoms with Crippen LogP contribution in [0.2, 0.25) is 5.02 Å². The van der Waals surface area contributed by atoms with Gasteiger partial charge >= 0.3 is 12.1 Å². The van der Waals surface area contributed by atoms with Gasteiger partial charge in [0.15, 0.2) is 6.04 Å². The molecule has 4 atom stereocenters. The standard InChI is InChI=1S/C28H29ClN2O5/c1-2-15-36-27(35)31(25(26(33)34)19-7-10-20(29)11-8-19)17-24(32)30-14-13-28-21-6-4-3-5-18(21)9-12-22(28)23(28)16-30/h2-8,10-11,22-23,25H,1,9,12-17H2,(H,33,34). The van der Waals surface area contributed by atoms with Crippen molar-refractivity contribution in [2.75, 3.05) is 26.2 Å². The minimum atomic E-state index is -1.39. The lowest BCUT2D eigenvalue weighted by Crippen LogP contribution is -2.49. The van der Waals surface area contributed by atoms with E-state index in [4.69, 9.17) is 16.3 Å². The molecular formula is C28H29ClN2O5. The number of aliphatic carboxylic acids is 1. The molecule has 2 aromatic rings. The van der Waals surface area contributed by atoms with Crippen molar-refractivity contribution in [1.29, 1.82) is 0 Å². The predicted molar refractivity (Wildman–Crippen MR) is 135 cm³/mol. The number of likely N-dealkylation sites (tertiary alicyclic amines) is 1. The van der Waals surface area contributed by atoms with E-state index in [0.29, 0.717) is 35.5 Å². The fraction of sp³-hybridized carbons (Fsp3) is 0.393. The Bertz CT molecular complexity index is 1200. The highest BCUT2D eigenvalue weighted by Crippen LogP contribution is 2.68. The van der Waals surface area contributed by atoms with E-state index >= 15 is 0 Å². The average molecular weight is 509 g/mol. The summed E-state index contributed by atoms with van der Waals surface area (Å²) in [5.74, 6) is -0.577. The highest BCUT2D eigenvalue weighted by atomic mass is 35.5. The number of carbonyl (C=O) groups excluding carboxylic acids is 2. The highest BCUT2D eigenvalue weighted by Gasteiger charge is 2.68. The van der Waals surface area contributed by atoms with E-state index in [1.807, 2.05) is 0 Å². The molecule has 1 saturated heterocycles. The minimum absolute atomic E-state index is 0.0914. The second-order valence-corrected chi connectivity index (χ2v) is 10.3. The zero-order chi connectivity index (χ0) is 25.4. The topological polar surface area (TPSA) is 87.2 Å². The molecule has 1 spiro atoms. The van der Waals surface area contributed by atoms with Crippen LogP contribution in [0.4, 0.5) is 4.79 Å². The lowest BCUT2D eigenvalue weighted by atomic mass is 9.78. The number of carboxylic acids is 1. The number of aryl methyl sites for hydroxylation is 1. The van der Waals surface area contributed by atoms with Gasteiger partial charge in [0.1, 0.15) is 13.2 Å². The van der Waals surface area contributed by atoms with Crippen molar-refractivity contribution in [2.45, 2.75) is 30.7 Å². The number of hydrogen-bond acceptors (Lipinski definition) is 4. The number of amides is 2. The van der Waals surface area contributed by atoms with E-state index in [2.05, 4.69) is 30.8 Å². The van der Waals surface area contributed by atoms with Gasteiger partial charge in [0.05, 0.1) is 0 Å². The van der Waals surface area contributed by atoms with Crippen molar-refractivity contribution >= 4 is 29.6 Å². The van der Waals surface area contributed by atoms with E-state index in [1.54, 1.807) is 17.0 Å². The Morgan fingerprint density at radius 3 is 2.67 bits per heavy atom. The molecule has 2 aliphatic carbocycles. The molecule has 0 radical (unpaired) electrons. The van der Waals surface area contributed by atoms with Gasteiger partial charge in [0.25, 0.3) is 0 Å². The molecule has 0 bridgehead atoms. The molecule has 0 aromatic heterocycles. The SMILES string of the molecule is C=CCOC(=O)N(CC(=O)N1CCC23c4ccccc4CCC2C3C1)C(C(=O)O)c1ccc(Cl)cc1. The van der Waals surface area contributed by atoms with Crippen molar-refractivity contribution in [3.8, 4) is 0 Å². The van der Waals surface area contributed by atoms with Crippen LogP contribution in [-0.4, -0.2) is 59.1 Å². The van der Waals surface area contributed by atoms with E-state index in [9.17, 15) is 19.5 Å². The lowest BCUT2D eigenvalue weighted by Gasteiger charge is -2.35. The first kappa shape index (κ1) is 24.4. The van der Waals surface area contributed by atoms with Gasteiger partial charge in [-0.3, -0.25) is 9.69 Å². The normalized spacial score (nSPS) is 24.4.